The molecule has 1 amide bonds. The Kier molecular flexibility index (Phi) is 4.90. The molecular formula is C17H14N4O3S. The number of carbonyl (C=O) groups is 1. The van der Waals surface area contributed by atoms with Crippen LogP contribution in [0.3, 0.4) is 0 Å². The van der Waals surface area contributed by atoms with Crippen molar-refractivity contribution in [3.8, 4) is 0 Å². The first-order valence-corrected chi connectivity index (χ1v) is 8.41. The molecule has 0 aliphatic rings. The number of rotatable bonds is 5. The lowest BCUT2D eigenvalue weighted by Crippen LogP contribution is -2.15. The van der Waals surface area contributed by atoms with Crippen LogP contribution in [0.25, 0.3) is 10.8 Å². The van der Waals surface area contributed by atoms with E-state index in [9.17, 15) is 14.9 Å². The van der Waals surface area contributed by atoms with Crippen molar-refractivity contribution < 1.29 is 9.72 Å². The SMILES string of the molecule is Cc1ccc(NC(=O)CSc2nncc3ccccc23)c([N+](=O)[O-])c1. The molecule has 0 fully saturated rings. The zero-order valence-corrected chi connectivity index (χ0v) is 14.1. The summed E-state index contributed by atoms with van der Waals surface area (Å²) in [5.41, 5.74) is 0.818. The van der Waals surface area contributed by atoms with Crippen LogP contribution in [0.1, 0.15) is 5.56 Å². The number of benzene rings is 2. The second-order valence-corrected chi connectivity index (χ2v) is 6.32. The first kappa shape index (κ1) is 16.8. The number of nitro groups is 1. The van der Waals surface area contributed by atoms with E-state index in [1.165, 1.54) is 23.9 Å². The van der Waals surface area contributed by atoms with Gasteiger partial charge in [-0.1, -0.05) is 42.1 Å². The third-order valence-electron chi connectivity index (χ3n) is 3.50. The number of thioether (sulfide) groups is 1. The van der Waals surface area contributed by atoms with Crippen LogP contribution in [0.15, 0.2) is 53.7 Å². The summed E-state index contributed by atoms with van der Waals surface area (Å²) in [6.45, 7) is 1.76. The molecular weight excluding hydrogens is 340 g/mol. The summed E-state index contributed by atoms with van der Waals surface area (Å²) in [7, 11) is 0. The van der Waals surface area contributed by atoms with Crippen molar-refractivity contribution in [2.24, 2.45) is 0 Å². The molecule has 0 bridgehead atoms. The van der Waals surface area contributed by atoms with Crippen molar-refractivity contribution in [3.63, 3.8) is 0 Å². The summed E-state index contributed by atoms with van der Waals surface area (Å²) in [4.78, 5) is 22.8. The molecule has 0 radical (unpaired) electrons. The van der Waals surface area contributed by atoms with E-state index in [0.717, 1.165) is 16.3 Å². The number of fused-ring (bicyclic) bond motifs is 1. The van der Waals surface area contributed by atoms with Gasteiger partial charge in [0.15, 0.2) is 0 Å². The monoisotopic (exact) mass is 354 g/mol. The molecule has 25 heavy (non-hydrogen) atoms. The maximum Gasteiger partial charge on any atom is 0.293 e. The molecule has 0 saturated heterocycles. The largest absolute Gasteiger partial charge is 0.320 e. The fourth-order valence-corrected chi connectivity index (χ4v) is 3.11. The van der Waals surface area contributed by atoms with Crippen LogP contribution in [0, 0.1) is 17.0 Å². The number of nitro benzene ring substituents is 1. The molecule has 1 aromatic heterocycles. The van der Waals surface area contributed by atoms with Crippen molar-refractivity contribution in [3.05, 3.63) is 64.3 Å². The van der Waals surface area contributed by atoms with Crippen LogP contribution in [-0.2, 0) is 4.79 Å². The first-order chi connectivity index (χ1) is 12.0. The molecule has 0 unspecified atom stereocenters. The van der Waals surface area contributed by atoms with E-state index in [-0.39, 0.29) is 23.0 Å². The number of amides is 1. The van der Waals surface area contributed by atoms with Crippen LogP contribution >= 0.6 is 11.8 Å². The molecule has 0 aliphatic carbocycles. The van der Waals surface area contributed by atoms with Gasteiger partial charge in [0, 0.05) is 16.8 Å². The fraction of sp³-hybridized carbons (Fsp3) is 0.118. The standard InChI is InChI=1S/C17H14N4O3S/c1-11-6-7-14(15(8-11)21(23)24)19-16(22)10-25-17-13-5-3-2-4-12(13)9-18-20-17/h2-9H,10H2,1H3,(H,19,22). The first-order valence-electron chi connectivity index (χ1n) is 7.43. The molecule has 0 spiro atoms. The Morgan fingerprint density at radius 2 is 2.08 bits per heavy atom. The van der Waals surface area contributed by atoms with Crippen LogP contribution < -0.4 is 5.32 Å². The van der Waals surface area contributed by atoms with E-state index in [1.54, 1.807) is 19.2 Å². The number of anilines is 1. The molecule has 1 heterocycles. The molecule has 8 heteroatoms. The molecule has 1 N–H and O–H groups in total. The summed E-state index contributed by atoms with van der Waals surface area (Å²) in [5, 5.41) is 24.2. The Morgan fingerprint density at radius 1 is 1.28 bits per heavy atom. The lowest BCUT2D eigenvalue weighted by Gasteiger charge is -2.07. The number of hydrogen-bond acceptors (Lipinski definition) is 6. The van der Waals surface area contributed by atoms with Gasteiger partial charge in [0.25, 0.3) is 5.69 Å². The van der Waals surface area contributed by atoms with Gasteiger partial charge in [-0.05, 0) is 18.6 Å². The maximum atomic E-state index is 12.2. The molecule has 3 aromatic rings. The topological polar surface area (TPSA) is 98.0 Å². The van der Waals surface area contributed by atoms with E-state index >= 15 is 0 Å². The highest BCUT2D eigenvalue weighted by Gasteiger charge is 2.16. The lowest BCUT2D eigenvalue weighted by atomic mass is 10.2. The van der Waals surface area contributed by atoms with E-state index in [4.69, 9.17) is 0 Å². The van der Waals surface area contributed by atoms with E-state index in [2.05, 4.69) is 15.5 Å². The Balaban J connectivity index is 1.72. The number of nitrogens with one attached hydrogen (secondary N) is 1. The highest BCUT2D eigenvalue weighted by Crippen LogP contribution is 2.27. The third-order valence-corrected chi connectivity index (χ3v) is 4.48. The summed E-state index contributed by atoms with van der Waals surface area (Å²) < 4.78 is 0. The van der Waals surface area contributed by atoms with Gasteiger partial charge in [0.05, 0.1) is 16.9 Å². The molecule has 2 aromatic carbocycles. The minimum absolute atomic E-state index is 0.0771. The second-order valence-electron chi connectivity index (χ2n) is 5.35. The number of aromatic nitrogens is 2. The van der Waals surface area contributed by atoms with Gasteiger partial charge in [0.1, 0.15) is 10.7 Å². The highest BCUT2D eigenvalue weighted by atomic mass is 32.2. The van der Waals surface area contributed by atoms with E-state index in [0.29, 0.717) is 5.03 Å². The van der Waals surface area contributed by atoms with E-state index in [1.807, 2.05) is 24.3 Å². The normalized spacial score (nSPS) is 10.6. The predicted molar refractivity (Wildman–Crippen MR) is 96.7 cm³/mol. The Morgan fingerprint density at radius 3 is 2.88 bits per heavy atom. The smallest absolute Gasteiger partial charge is 0.293 e. The zero-order valence-electron chi connectivity index (χ0n) is 13.3. The summed E-state index contributed by atoms with van der Waals surface area (Å²) in [6.07, 6.45) is 1.66. The van der Waals surface area contributed by atoms with Gasteiger partial charge >= 0.3 is 0 Å². The molecule has 126 valence electrons. The van der Waals surface area contributed by atoms with Crippen molar-refractivity contribution in [1.82, 2.24) is 10.2 Å². The van der Waals surface area contributed by atoms with Gasteiger partial charge in [-0.15, -0.1) is 5.10 Å². The van der Waals surface area contributed by atoms with Crippen LogP contribution in [0.5, 0.6) is 0 Å². The Hall–Kier alpha value is -3.00. The fourth-order valence-electron chi connectivity index (χ4n) is 2.33. The van der Waals surface area contributed by atoms with Crippen molar-refractivity contribution in [2.45, 2.75) is 11.9 Å². The van der Waals surface area contributed by atoms with Gasteiger partial charge in [0.2, 0.25) is 5.91 Å². The minimum atomic E-state index is -0.508. The van der Waals surface area contributed by atoms with Gasteiger partial charge < -0.3 is 5.32 Å². The predicted octanol–water partition coefficient (Wildman–Crippen LogP) is 3.58. The van der Waals surface area contributed by atoms with Gasteiger partial charge in [-0.25, -0.2) is 0 Å². The summed E-state index contributed by atoms with van der Waals surface area (Å²) in [6, 6.07) is 12.3. The average molecular weight is 354 g/mol. The number of aryl methyl sites for hydroxylation is 1. The van der Waals surface area contributed by atoms with E-state index < -0.39 is 4.92 Å². The van der Waals surface area contributed by atoms with Gasteiger partial charge in [-0.2, -0.15) is 5.10 Å². The van der Waals surface area contributed by atoms with Crippen LogP contribution in [0.4, 0.5) is 11.4 Å². The molecule has 7 nitrogen and oxygen atoms in total. The summed E-state index contributed by atoms with van der Waals surface area (Å²) in [5.74, 6) is -0.264. The lowest BCUT2D eigenvalue weighted by molar-refractivity contribution is -0.384. The number of hydrogen-bond donors (Lipinski definition) is 1. The van der Waals surface area contributed by atoms with Crippen LogP contribution in [0.2, 0.25) is 0 Å². The molecule has 0 saturated carbocycles. The Bertz CT molecular complexity index is 956. The molecule has 0 atom stereocenters. The van der Waals surface area contributed by atoms with Crippen molar-refractivity contribution in [1.29, 1.82) is 0 Å². The number of nitrogens with zero attached hydrogens (tertiary/aromatic N) is 3. The average Bonchev–Trinajstić information content (AvgIpc) is 2.61. The summed E-state index contributed by atoms with van der Waals surface area (Å²) >= 11 is 1.24. The highest BCUT2D eigenvalue weighted by molar-refractivity contribution is 8.00. The maximum absolute atomic E-state index is 12.2. The quantitative estimate of drug-likeness (QED) is 0.427. The van der Waals surface area contributed by atoms with Crippen LogP contribution in [-0.4, -0.2) is 26.8 Å². The second kappa shape index (κ2) is 7.27. The van der Waals surface area contributed by atoms with Gasteiger partial charge in [-0.3, -0.25) is 14.9 Å². The van der Waals surface area contributed by atoms with Crippen molar-refractivity contribution in [2.75, 3.05) is 11.1 Å². The van der Waals surface area contributed by atoms with Crippen molar-refractivity contribution >= 4 is 39.8 Å². The molecule has 0 aliphatic heterocycles. The molecule has 3 rings (SSSR count). The zero-order chi connectivity index (χ0) is 17.8. The number of carbonyl (C=O) groups excluding carboxylic acids is 1. The Labute approximate surface area is 147 Å². The third kappa shape index (κ3) is 3.92. The minimum Gasteiger partial charge on any atom is -0.320 e.